The Kier molecular flexibility index (Phi) is 4.94. The lowest BCUT2D eigenvalue weighted by Crippen LogP contribution is -2.46. The molecular weight excluding hydrogens is 240 g/mol. The highest BCUT2D eigenvalue weighted by Crippen LogP contribution is 2.19. The summed E-state index contributed by atoms with van der Waals surface area (Å²) in [6.45, 7) is 1.86. The third-order valence-electron chi connectivity index (χ3n) is 3.05. The van der Waals surface area contributed by atoms with Crippen molar-refractivity contribution in [1.82, 2.24) is 5.32 Å². The van der Waals surface area contributed by atoms with Crippen LogP contribution < -0.4 is 5.32 Å². The number of rotatable bonds is 4. The van der Waals surface area contributed by atoms with Crippen LogP contribution in [0, 0.1) is 11.3 Å². The zero-order valence-electron chi connectivity index (χ0n) is 9.98. The molecule has 1 amide bonds. The van der Waals surface area contributed by atoms with E-state index in [4.69, 9.17) is 5.26 Å². The highest BCUT2D eigenvalue weighted by atomic mass is 32.2. The number of amides is 1. The molecule has 0 aromatic heterocycles. The average molecular weight is 258 g/mol. The molecule has 0 aliphatic carbocycles. The summed E-state index contributed by atoms with van der Waals surface area (Å²) >= 11 is 0. The van der Waals surface area contributed by atoms with Crippen LogP contribution >= 0.6 is 0 Å². The van der Waals surface area contributed by atoms with Crippen LogP contribution in [-0.2, 0) is 14.6 Å². The number of carbonyl (C=O) groups is 1. The number of carbonyl (C=O) groups excluding carboxylic acids is 1. The smallest absolute Gasteiger partial charge is 0.238 e. The van der Waals surface area contributed by atoms with E-state index in [1.807, 2.05) is 13.0 Å². The molecule has 17 heavy (non-hydrogen) atoms. The quantitative estimate of drug-likeness (QED) is 0.806. The fourth-order valence-corrected chi connectivity index (χ4v) is 3.76. The summed E-state index contributed by atoms with van der Waals surface area (Å²) in [6, 6.07) is 1.74. The molecule has 5 nitrogen and oxygen atoms in total. The summed E-state index contributed by atoms with van der Waals surface area (Å²) in [5, 5.41) is 10.3. The van der Waals surface area contributed by atoms with Gasteiger partial charge >= 0.3 is 0 Å². The Bertz CT molecular complexity index is 411. The van der Waals surface area contributed by atoms with E-state index in [-0.39, 0.29) is 18.2 Å². The molecule has 1 aliphatic heterocycles. The first kappa shape index (κ1) is 14.0. The minimum absolute atomic E-state index is 0.0973. The molecule has 1 rings (SSSR count). The van der Waals surface area contributed by atoms with Crippen molar-refractivity contribution in [2.45, 2.75) is 50.3 Å². The van der Waals surface area contributed by atoms with Gasteiger partial charge in [0, 0.05) is 6.04 Å². The fourth-order valence-electron chi connectivity index (χ4n) is 1.95. The maximum absolute atomic E-state index is 11.9. The third-order valence-corrected chi connectivity index (χ3v) is 5.22. The molecule has 0 aromatic rings. The minimum atomic E-state index is -3.29. The first-order valence-corrected chi connectivity index (χ1v) is 7.61. The van der Waals surface area contributed by atoms with Crippen LogP contribution in [0.15, 0.2) is 0 Å². The van der Waals surface area contributed by atoms with Crippen LogP contribution in [0.1, 0.15) is 39.0 Å². The van der Waals surface area contributed by atoms with Gasteiger partial charge in [-0.25, -0.2) is 8.42 Å². The SMILES string of the molecule is CCC(CC#N)NC(=O)C1CCCCS1(=O)=O. The lowest BCUT2D eigenvalue weighted by Gasteiger charge is -2.23. The van der Waals surface area contributed by atoms with Gasteiger partial charge in [-0.2, -0.15) is 5.26 Å². The molecule has 1 fully saturated rings. The van der Waals surface area contributed by atoms with Crippen molar-refractivity contribution in [2.75, 3.05) is 5.75 Å². The zero-order valence-corrected chi connectivity index (χ0v) is 10.8. The first-order valence-electron chi connectivity index (χ1n) is 5.90. The fraction of sp³-hybridized carbons (Fsp3) is 0.818. The normalized spacial score (nSPS) is 24.6. The van der Waals surface area contributed by atoms with Crippen molar-refractivity contribution in [1.29, 1.82) is 5.26 Å². The zero-order chi connectivity index (χ0) is 12.9. The molecular formula is C11H18N2O3S. The van der Waals surface area contributed by atoms with E-state index in [0.717, 1.165) is 6.42 Å². The Morgan fingerprint density at radius 3 is 2.76 bits per heavy atom. The summed E-state index contributed by atoms with van der Waals surface area (Å²) in [7, 11) is -3.29. The highest BCUT2D eigenvalue weighted by molar-refractivity contribution is 7.92. The molecule has 6 heteroatoms. The number of nitrogens with one attached hydrogen (secondary N) is 1. The molecule has 2 atom stereocenters. The van der Waals surface area contributed by atoms with Gasteiger partial charge in [-0.3, -0.25) is 4.79 Å². The Morgan fingerprint density at radius 1 is 1.53 bits per heavy atom. The lowest BCUT2D eigenvalue weighted by atomic mass is 10.1. The number of sulfone groups is 1. The topological polar surface area (TPSA) is 87.0 Å². The van der Waals surface area contributed by atoms with Crippen molar-refractivity contribution in [3.8, 4) is 6.07 Å². The largest absolute Gasteiger partial charge is 0.351 e. The van der Waals surface area contributed by atoms with Crippen LogP contribution in [0.5, 0.6) is 0 Å². The van der Waals surface area contributed by atoms with E-state index in [1.54, 1.807) is 0 Å². The van der Waals surface area contributed by atoms with Crippen molar-refractivity contribution in [2.24, 2.45) is 0 Å². The second kappa shape index (κ2) is 6.01. The van der Waals surface area contributed by atoms with Crippen molar-refractivity contribution < 1.29 is 13.2 Å². The van der Waals surface area contributed by atoms with Gasteiger partial charge in [-0.1, -0.05) is 13.3 Å². The molecule has 1 N–H and O–H groups in total. The van der Waals surface area contributed by atoms with Crippen LogP contribution in [0.25, 0.3) is 0 Å². The number of nitrogens with zero attached hydrogens (tertiary/aromatic N) is 1. The average Bonchev–Trinajstić information content (AvgIpc) is 2.27. The third kappa shape index (κ3) is 3.70. The molecule has 1 heterocycles. The monoisotopic (exact) mass is 258 g/mol. The van der Waals surface area contributed by atoms with Crippen LogP contribution in [0.3, 0.4) is 0 Å². The molecule has 0 spiro atoms. The van der Waals surface area contributed by atoms with Gasteiger partial charge in [-0.05, 0) is 19.3 Å². The molecule has 1 saturated heterocycles. The van der Waals surface area contributed by atoms with Gasteiger partial charge in [0.25, 0.3) is 0 Å². The Balaban J connectivity index is 2.66. The molecule has 0 radical (unpaired) electrons. The van der Waals surface area contributed by atoms with E-state index in [9.17, 15) is 13.2 Å². The van der Waals surface area contributed by atoms with Gasteiger partial charge in [0.05, 0.1) is 18.2 Å². The molecule has 0 bridgehead atoms. The van der Waals surface area contributed by atoms with Gasteiger partial charge in [0.1, 0.15) is 5.25 Å². The van der Waals surface area contributed by atoms with E-state index in [1.165, 1.54) is 0 Å². The van der Waals surface area contributed by atoms with Crippen LogP contribution in [0.4, 0.5) is 0 Å². The predicted molar refractivity (Wildman–Crippen MR) is 63.9 cm³/mol. The van der Waals surface area contributed by atoms with Crippen LogP contribution in [0.2, 0.25) is 0 Å². The number of nitriles is 1. The predicted octanol–water partition coefficient (Wildman–Crippen LogP) is 0.762. The lowest BCUT2D eigenvalue weighted by molar-refractivity contribution is -0.121. The van der Waals surface area contributed by atoms with E-state index >= 15 is 0 Å². The molecule has 0 saturated carbocycles. The Labute approximate surface area is 102 Å². The van der Waals surface area contributed by atoms with Gasteiger partial charge in [-0.15, -0.1) is 0 Å². The maximum atomic E-state index is 11.9. The summed E-state index contributed by atoms with van der Waals surface area (Å²) in [6.07, 6.45) is 2.66. The Hall–Kier alpha value is -1.09. The number of hydrogen-bond donors (Lipinski definition) is 1. The summed E-state index contributed by atoms with van der Waals surface area (Å²) in [5.74, 6) is -0.341. The highest BCUT2D eigenvalue weighted by Gasteiger charge is 2.35. The van der Waals surface area contributed by atoms with Gasteiger partial charge in [0.2, 0.25) is 5.91 Å². The van der Waals surface area contributed by atoms with E-state index in [0.29, 0.717) is 19.3 Å². The summed E-state index contributed by atoms with van der Waals surface area (Å²) < 4.78 is 23.5. The molecule has 2 unspecified atom stereocenters. The van der Waals surface area contributed by atoms with E-state index in [2.05, 4.69) is 5.32 Å². The van der Waals surface area contributed by atoms with Crippen molar-refractivity contribution in [3.05, 3.63) is 0 Å². The summed E-state index contributed by atoms with van der Waals surface area (Å²) in [4.78, 5) is 11.9. The first-order chi connectivity index (χ1) is 8.01. The van der Waals surface area contributed by atoms with E-state index < -0.39 is 21.0 Å². The minimum Gasteiger partial charge on any atom is -0.351 e. The molecule has 1 aliphatic rings. The molecule has 0 aromatic carbocycles. The van der Waals surface area contributed by atoms with Gasteiger partial charge in [0.15, 0.2) is 9.84 Å². The second-order valence-electron chi connectivity index (χ2n) is 4.33. The standard InChI is InChI=1S/C11H18N2O3S/c1-2-9(6-7-12)13-11(14)10-5-3-4-8-17(10,15)16/h9-10H,2-6,8H2,1H3,(H,13,14). The van der Waals surface area contributed by atoms with Crippen molar-refractivity contribution >= 4 is 15.7 Å². The Morgan fingerprint density at radius 2 is 2.24 bits per heavy atom. The molecule has 96 valence electrons. The number of hydrogen-bond acceptors (Lipinski definition) is 4. The summed E-state index contributed by atoms with van der Waals surface area (Å²) in [5.41, 5.74) is 0. The second-order valence-corrected chi connectivity index (χ2v) is 6.63. The van der Waals surface area contributed by atoms with Crippen LogP contribution in [-0.4, -0.2) is 31.4 Å². The van der Waals surface area contributed by atoms with Gasteiger partial charge < -0.3 is 5.32 Å². The maximum Gasteiger partial charge on any atom is 0.238 e. The van der Waals surface area contributed by atoms with Crippen molar-refractivity contribution in [3.63, 3.8) is 0 Å².